The highest BCUT2D eigenvalue weighted by Gasteiger charge is 2.32. The van der Waals surface area contributed by atoms with E-state index in [0.29, 0.717) is 28.7 Å². The van der Waals surface area contributed by atoms with Crippen molar-refractivity contribution in [1.82, 2.24) is 10.6 Å². The van der Waals surface area contributed by atoms with Crippen LogP contribution < -0.4 is 15.4 Å². The van der Waals surface area contributed by atoms with Gasteiger partial charge in [-0.2, -0.15) is 0 Å². The molecule has 1 heterocycles. The Labute approximate surface area is 143 Å². The van der Waals surface area contributed by atoms with Crippen LogP contribution in [0.5, 0.6) is 5.75 Å². The van der Waals surface area contributed by atoms with E-state index in [0.717, 1.165) is 10.0 Å². The van der Waals surface area contributed by atoms with E-state index in [1.807, 2.05) is 18.2 Å². The third kappa shape index (κ3) is 3.41. The van der Waals surface area contributed by atoms with E-state index in [-0.39, 0.29) is 5.97 Å². The largest absolute Gasteiger partial charge is 0.496 e. The van der Waals surface area contributed by atoms with Gasteiger partial charge in [0.05, 0.1) is 25.3 Å². The highest BCUT2D eigenvalue weighted by molar-refractivity contribution is 9.10. The predicted octanol–water partition coefficient (Wildman–Crippen LogP) is 2.81. The molecule has 0 fully saturated rings. The maximum Gasteiger partial charge on any atom is 0.338 e. The van der Waals surface area contributed by atoms with Crippen molar-refractivity contribution in [3.05, 3.63) is 39.5 Å². The number of benzene rings is 1. The second-order valence-electron chi connectivity index (χ2n) is 4.68. The van der Waals surface area contributed by atoms with Crippen LogP contribution in [0.1, 0.15) is 25.5 Å². The SMILES string of the molecule is CCOC(=O)C1=C(C)NC(=S)N[C@@H]1c1cc(Br)ccc1OC. The lowest BCUT2D eigenvalue weighted by molar-refractivity contribution is -0.139. The van der Waals surface area contributed by atoms with Gasteiger partial charge in [0.1, 0.15) is 5.75 Å². The Morgan fingerprint density at radius 1 is 1.45 bits per heavy atom. The summed E-state index contributed by atoms with van der Waals surface area (Å²) in [5.74, 6) is 0.287. The van der Waals surface area contributed by atoms with Crippen molar-refractivity contribution in [2.24, 2.45) is 0 Å². The fourth-order valence-corrected chi connectivity index (χ4v) is 2.99. The average Bonchev–Trinajstić information content (AvgIpc) is 2.46. The number of halogens is 1. The van der Waals surface area contributed by atoms with Gasteiger partial charge in [0.2, 0.25) is 0 Å². The van der Waals surface area contributed by atoms with Crippen molar-refractivity contribution in [1.29, 1.82) is 0 Å². The van der Waals surface area contributed by atoms with Crippen molar-refractivity contribution in [2.75, 3.05) is 13.7 Å². The van der Waals surface area contributed by atoms with E-state index in [1.54, 1.807) is 21.0 Å². The Bertz CT molecular complexity index is 646. The first-order chi connectivity index (χ1) is 10.5. The Kier molecular flexibility index (Phi) is 5.42. The number of nitrogens with one attached hydrogen (secondary N) is 2. The summed E-state index contributed by atoms with van der Waals surface area (Å²) in [6.45, 7) is 3.88. The predicted molar refractivity (Wildman–Crippen MR) is 91.6 cm³/mol. The first kappa shape index (κ1) is 16.8. The van der Waals surface area contributed by atoms with Crippen LogP contribution in [-0.2, 0) is 9.53 Å². The van der Waals surface area contributed by atoms with E-state index >= 15 is 0 Å². The smallest absolute Gasteiger partial charge is 0.338 e. The van der Waals surface area contributed by atoms with E-state index in [4.69, 9.17) is 21.7 Å². The fraction of sp³-hybridized carbons (Fsp3) is 0.333. The van der Waals surface area contributed by atoms with Crippen LogP contribution in [0, 0.1) is 0 Å². The standard InChI is InChI=1S/C15H17BrN2O3S/c1-4-21-14(19)12-8(2)17-15(22)18-13(12)10-7-9(16)5-6-11(10)20-3/h5-7,13H,4H2,1-3H3,(H2,17,18,22)/t13-/m1/s1. The van der Waals surface area contributed by atoms with Crippen LogP contribution in [0.2, 0.25) is 0 Å². The van der Waals surface area contributed by atoms with E-state index in [1.165, 1.54) is 0 Å². The van der Waals surface area contributed by atoms with E-state index in [2.05, 4.69) is 26.6 Å². The molecule has 2 rings (SSSR count). The van der Waals surface area contributed by atoms with Crippen molar-refractivity contribution in [2.45, 2.75) is 19.9 Å². The van der Waals surface area contributed by atoms with Crippen LogP contribution in [0.25, 0.3) is 0 Å². The average molecular weight is 385 g/mol. The topological polar surface area (TPSA) is 59.6 Å². The van der Waals surface area contributed by atoms with Gasteiger partial charge < -0.3 is 20.1 Å². The quantitative estimate of drug-likeness (QED) is 0.614. The van der Waals surface area contributed by atoms with Gasteiger partial charge in [0, 0.05) is 15.7 Å². The van der Waals surface area contributed by atoms with E-state index in [9.17, 15) is 4.79 Å². The minimum absolute atomic E-state index is 0.308. The summed E-state index contributed by atoms with van der Waals surface area (Å²) in [7, 11) is 1.59. The number of carbonyl (C=O) groups excluding carboxylic acids is 1. The highest BCUT2D eigenvalue weighted by Crippen LogP contribution is 2.35. The lowest BCUT2D eigenvalue weighted by Crippen LogP contribution is -2.45. The fourth-order valence-electron chi connectivity index (χ4n) is 2.34. The second-order valence-corrected chi connectivity index (χ2v) is 6.00. The molecular formula is C15H17BrN2O3S. The van der Waals surface area contributed by atoms with Gasteiger partial charge in [-0.05, 0) is 44.3 Å². The van der Waals surface area contributed by atoms with Gasteiger partial charge in [-0.25, -0.2) is 4.79 Å². The molecule has 0 saturated carbocycles. The van der Waals surface area contributed by atoms with Crippen LogP contribution in [0.4, 0.5) is 0 Å². The van der Waals surface area contributed by atoms with E-state index < -0.39 is 6.04 Å². The van der Waals surface area contributed by atoms with Gasteiger partial charge in [0.15, 0.2) is 5.11 Å². The molecule has 0 radical (unpaired) electrons. The van der Waals surface area contributed by atoms with Gasteiger partial charge in [-0.1, -0.05) is 15.9 Å². The molecule has 5 nitrogen and oxygen atoms in total. The zero-order chi connectivity index (χ0) is 16.3. The number of ether oxygens (including phenoxy) is 2. The lowest BCUT2D eigenvalue weighted by Gasteiger charge is -2.30. The molecule has 1 aliphatic heterocycles. The van der Waals surface area contributed by atoms with Gasteiger partial charge in [-0.3, -0.25) is 0 Å². The van der Waals surface area contributed by atoms with Crippen LogP contribution in [0.15, 0.2) is 33.9 Å². The Morgan fingerprint density at radius 3 is 2.82 bits per heavy atom. The number of hydrogen-bond acceptors (Lipinski definition) is 4. The zero-order valence-electron chi connectivity index (χ0n) is 12.5. The molecule has 0 unspecified atom stereocenters. The Balaban J connectivity index is 2.55. The van der Waals surface area contributed by atoms with Crippen molar-refractivity contribution in [3.8, 4) is 5.75 Å². The number of allylic oxidation sites excluding steroid dienone is 1. The third-order valence-corrected chi connectivity index (χ3v) is 3.98. The molecule has 0 saturated heterocycles. The number of methoxy groups -OCH3 is 1. The number of esters is 1. The summed E-state index contributed by atoms with van der Waals surface area (Å²) in [4.78, 5) is 12.3. The monoisotopic (exact) mass is 384 g/mol. The van der Waals surface area contributed by atoms with Crippen LogP contribution in [0.3, 0.4) is 0 Å². The summed E-state index contributed by atoms with van der Waals surface area (Å²) in [5, 5.41) is 6.54. The van der Waals surface area contributed by atoms with Gasteiger partial charge in [0.25, 0.3) is 0 Å². The lowest BCUT2D eigenvalue weighted by atomic mass is 9.95. The van der Waals surface area contributed by atoms with Gasteiger partial charge in [-0.15, -0.1) is 0 Å². The molecule has 1 aromatic carbocycles. The molecule has 0 spiro atoms. The maximum atomic E-state index is 12.3. The third-order valence-electron chi connectivity index (χ3n) is 3.27. The van der Waals surface area contributed by atoms with Crippen LogP contribution in [-0.4, -0.2) is 24.8 Å². The molecule has 0 bridgehead atoms. The van der Waals surface area contributed by atoms with Crippen molar-refractivity contribution in [3.63, 3.8) is 0 Å². The molecule has 0 aromatic heterocycles. The molecular weight excluding hydrogens is 368 g/mol. The molecule has 7 heteroatoms. The minimum Gasteiger partial charge on any atom is -0.496 e. The molecule has 0 aliphatic carbocycles. The second kappa shape index (κ2) is 7.11. The number of carbonyl (C=O) groups is 1. The minimum atomic E-state index is -0.430. The summed E-state index contributed by atoms with van der Waals surface area (Å²) >= 11 is 8.66. The van der Waals surface area contributed by atoms with Crippen LogP contribution >= 0.6 is 28.1 Å². The molecule has 1 atom stereocenters. The zero-order valence-corrected chi connectivity index (χ0v) is 14.9. The molecule has 118 valence electrons. The first-order valence-corrected chi connectivity index (χ1v) is 7.96. The molecule has 22 heavy (non-hydrogen) atoms. The highest BCUT2D eigenvalue weighted by atomic mass is 79.9. The van der Waals surface area contributed by atoms with Gasteiger partial charge >= 0.3 is 5.97 Å². The number of rotatable bonds is 4. The molecule has 0 amide bonds. The summed E-state index contributed by atoms with van der Waals surface area (Å²) in [6.07, 6.45) is 0. The summed E-state index contributed by atoms with van der Waals surface area (Å²) in [5.41, 5.74) is 1.98. The van der Waals surface area contributed by atoms with Crippen molar-refractivity contribution >= 4 is 39.2 Å². The molecule has 2 N–H and O–H groups in total. The van der Waals surface area contributed by atoms with Crippen molar-refractivity contribution < 1.29 is 14.3 Å². The Morgan fingerprint density at radius 2 is 2.18 bits per heavy atom. The number of hydrogen-bond donors (Lipinski definition) is 2. The Hall–Kier alpha value is -1.60. The first-order valence-electron chi connectivity index (χ1n) is 6.76. The maximum absolute atomic E-state index is 12.3. The molecule has 1 aliphatic rings. The molecule has 1 aromatic rings. The summed E-state index contributed by atoms with van der Waals surface area (Å²) in [6, 6.07) is 5.18. The number of thiocarbonyl (C=S) groups is 1. The normalized spacial score (nSPS) is 17.6. The summed E-state index contributed by atoms with van der Waals surface area (Å²) < 4.78 is 11.5.